The topological polar surface area (TPSA) is 98.3 Å². The highest BCUT2D eigenvalue weighted by Gasteiger charge is 2.39. The quantitative estimate of drug-likeness (QED) is 0.242. The van der Waals surface area contributed by atoms with Gasteiger partial charge in [0.05, 0.1) is 31.6 Å². The molecule has 0 amide bonds. The number of rotatable bonds is 4. The highest BCUT2D eigenvalue weighted by atomic mass is 79.9. The van der Waals surface area contributed by atoms with Gasteiger partial charge in [-0.25, -0.2) is 4.39 Å². The molecule has 0 radical (unpaired) electrons. The van der Waals surface area contributed by atoms with E-state index in [1.165, 1.54) is 0 Å². The van der Waals surface area contributed by atoms with Crippen LogP contribution in [0, 0.1) is 26.0 Å². The van der Waals surface area contributed by atoms with E-state index in [1.807, 2.05) is 0 Å². The zero-order valence-electron chi connectivity index (χ0n) is 12.1. The van der Waals surface area contributed by atoms with Crippen molar-refractivity contribution in [1.29, 1.82) is 0 Å². The zero-order chi connectivity index (χ0) is 19.8. The molecule has 0 aromatic heterocycles. The van der Waals surface area contributed by atoms with Crippen LogP contribution >= 0.6 is 31.9 Å². The first-order chi connectivity index (χ1) is 11.9. The summed E-state index contributed by atoms with van der Waals surface area (Å²) in [6.07, 6.45) is -5.12. The summed E-state index contributed by atoms with van der Waals surface area (Å²) in [5.41, 5.74) is -4.98. The van der Waals surface area contributed by atoms with E-state index >= 15 is 0 Å². The number of nitrogens with zero attached hydrogens (tertiary/aromatic N) is 2. The van der Waals surface area contributed by atoms with Gasteiger partial charge in [-0.05, 0) is 44.0 Å². The number of nitro benzene ring substituents is 2. The molecule has 26 heavy (non-hydrogen) atoms. The van der Waals surface area contributed by atoms with Crippen LogP contribution in [0.5, 0.6) is 0 Å². The third kappa shape index (κ3) is 4.09. The first-order valence-electron chi connectivity index (χ1n) is 6.37. The Hall–Kier alpha value is -2.28. The summed E-state index contributed by atoms with van der Waals surface area (Å²) in [4.78, 5) is 19.6. The number of nitrogens with one attached hydrogen (secondary N) is 1. The molecule has 138 valence electrons. The Labute approximate surface area is 158 Å². The Morgan fingerprint density at radius 3 is 2.08 bits per heavy atom. The van der Waals surface area contributed by atoms with Gasteiger partial charge < -0.3 is 5.32 Å². The lowest BCUT2D eigenvalue weighted by Crippen LogP contribution is -2.12. The molecule has 0 saturated heterocycles. The van der Waals surface area contributed by atoms with Gasteiger partial charge in [0.15, 0.2) is 0 Å². The number of anilines is 2. The first-order valence-corrected chi connectivity index (χ1v) is 7.96. The van der Waals surface area contributed by atoms with Gasteiger partial charge in [0.25, 0.3) is 11.4 Å². The largest absolute Gasteiger partial charge is 0.418 e. The van der Waals surface area contributed by atoms with Gasteiger partial charge in [-0.1, -0.05) is 0 Å². The van der Waals surface area contributed by atoms with Gasteiger partial charge in [-0.15, -0.1) is 0 Å². The average Bonchev–Trinajstić information content (AvgIpc) is 2.50. The first kappa shape index (κ1) is 20.0. The number of nitro groups is 2. The summed E-state index contributed by atoms with van der Waals surface area (Å²) in [5.74, 6) is -0.725. The maximum Gasteiger partial charge on any atom is 0.418 e. The Morgan fingerprint density at radius 2 is 1.58 bits per heavy atom. The maximum atomic E-state index is 13.4. The lowest BCUT2D eigenvalue weighted by Gasteiger charge is -2.16. The van der Waals surface area contributed by atoms with Crippen LogP contribution in [0.4, 0.5) is 40.3 Å². The van der Waals surface area contributed by atoms with Gasteiger partial charge >= 0.3 is 6.18 Å². The second kappa shape index (κ2) is 7.15. The van der Waals surface area contributed by atoms with E-state index in [-0.39, 0.29) is 20.7 Å². The van der Waals surface area contributed by atoms with Gasteiger partial charge in [0.2, 0.25) is 0 Å². The number of halogens is 6. The normalized spacial score (nSPS) is 11.3. The number of hydrogen-bond donors (Lipinski definition) is 1. The molecule has 0 saturated carbocycles. The van der Waals surface area contributed by atoms with Gasteiger partial charge in [0.1, 0.15) is 11.5 Å². The van der Waals surface area contributed by atoms with Crippen LogP contribution in [0.25, 0.3) is 0 Å². The maximum absolute atomic E-state index is 13.4. The van der Waals surface area contributed by atoms with Crippen molar-refractivity contribution < 1.29 is 27.4 Å². The summed E-state index contributed by atoms with van der Waals surface area (Å²) in [6, 6.07) is 2.58. The minimum absolute atomic E-state index is 0.0148. The van der Waals surface area contributed by atoms with Crippen LogP contribution in [0.15, 0.2) is 33.2 Å². The Balaban J connectivity index is 2.76. The molecule has 0 aliphatic heterocycles. The van der Waals surface area contributed by atoms with E-state index in [9.17, 15) is 37.8 Å². The van der Waals surface area contributed by atoms with E-state index in [0.717, 1.165) is 12.1 Å². The van der Waals surface area contributed by atoms with E-state index < -0.39 is 44.5 Å². The minimum atomic E-state index is -5.12. The molecule has 0 aliphatic carbocycles. The minimum Gasteiger partial charge on any atom is -0.348 e. The molecule has 0 bridgehead atoms. The number of benzene rings is 2. The summed E-state index contributed by atoms with van der Waals surface area (Å²) in [7, 11) is 0. The van der Waals surface area contributed by atoms with E-state index in [4.69, 9.17) is 0 Å². The Bertz CT molecular complexity index is 921. The highest BCUT2D eigenvalue weighted by molar-refractivity contribution is 9.11. The molecule has 0 heterocycles. The Morgan fingerprint density at radius 1 is 0.962 bits per heavy atom. The SMILES string of the molecule is O=[N+]([O-])c1cc([N+](=O)[O-])c(Nc2cc(Br)c(F)cc2Br)c(C(F)(F)F)c1. The molecule has 0 aliphatic rings. The van der Waals surface area contributed by atoms with Crippen molar-refractivity contribution >= 4 is 54.6 Å². The predicted octanol–water partition coefficient (Wildman–Crippen LogP) is 5.93. The Kier molecular flexibility index (Phi) is 5.51. The fraction of sp³-hybridized carbons (Fsp3) is 0.0769. The third-order valence-corrected chi connectivity index (χ3v) is 4.35. The molecule has 2 aromatic carbocycles. The fourth-order valence-corrected chi connectivity index (χ4v) is 2.73. The van der Waals surface area contributed by atoms with Crippen molar-refractivity contribution in [3.05, 3.63) is 64.8 Å². The monoisotopic (exact) mass is 501 g/mol. The van der Waals surface area contributed by atoms with Crippen molar-refractivity contribution in [3.8, 4) is 0 Å². The second-order valence-corrected chi connectivity index (χ2v) is 6.48. The van der Waals surface area contributed by atoms with Crippen molar-refractivity contribution in [2.75, 3.05) is 5.32 Å². The van der Waals surface area contributed by atoms with Crippen molar-refractivity contribution in [2.45, 2.75) is 6.18 Å². The molecule has 0 atom stereocenters. The van der Waals surface area contributed by atoms with Gasteiger partial charge in [-0.2, -0.15) is 13.2 Å². The zero-order valence-corrected chi connectivity index (χ0v) is 15.3. The van der Waals surface area contributed by atoms with Gasteiger partial charge in [-0.3, -0.25) is 20.2 Å². The lowest BCUT2D eigenvalue weighted by atomic mass is 10.1. The fourth-order valence-electron chi connectivity index (χ4n) is 1.97. The standard InChI is InChI=1S/C13H5Br2F4N3O4/c14-7-4-10(8(15)3-9(7)16)20-12-6(13(17,18)19)1-5(21(23)24)2-11(12)22(25)26/h1-4,20H. The van der Waals surface area contributed by atoms with Crippen molar-refractivity contribution in [2.24, 2.45) is 0 Å². The van der Waals surface area contributed by atoms with Crippen LogP contribution in [0.2, 0.25) is 0 Å². The van der Waals surface area contributed by atoms with E-state index in [1.54, 1.807) is 0 Å². The van der Waals surface area contributed by atoms with Crippen LogP contribution in [0.1, 0.15) is 5.56 Å². The highest BCUT2D eigenvalue weighted by Crippen LogP contribution is 2.44. The molecule has 0 spiro atoms. The molecular weight excluding hydrogens is 498 g/mol. The van der Waals surface area contributed by atoms with Crippen LogP contribution in [-0.2, 0) is 6.18 Å². The molecule has 2 aromatic rings. The smallest absolute Gasteiger partial charge is 0.348 e. The molecule has 2 rings (SSSR count). The molecule has 7 nitrogen and oxygen atoms in total. The van der Waals surface area contributed by atoms with Crippen molar-refractivity contribution in [3.63, 3.8) is 0 Å². The lowest BCUT2D eigenvalue weighted by molar-refractivity contribution is -0.394. The summed E-state index contributed by atoms with van der Waals surface area (Å²) in [6.45, 7) is 0. The molecule has 13 heteroatoms. The number of alkyl halides is 3. The van der Waals surface area contributed by atoms with E-state index in [2.05, 4.69) is 37.2 Å². The number of non-ortho nitro benzene ring substituents is 1. The molecule has 1 N–H and O–H groups in total. The molecule has 0 unspecified atom stereocenters. The van der Waals surface area contributed by atoms with Crippen LogP contribution in [-0.4, -0.2) is 9.85 Å². The van der Waals surface area contributed by atoms with E-state index in [0.29, 0.717) is 6.07 Å². The average molecular weight is 503 g/mol. The predicted molar refractivity (Wildman–Crippen MR) is 89.8 cm³/mol. The van der Waals surface area contributed by atoms with Crippen LogP contribution < -0.4 is 5.32 Å². The van der Waals surface area contributed by atoms with Gasteiger partial charge in [0, 0.05) is 10.5 Å². The number of hydrogen-bond acceptors (Lipinski definition) is 5. The molecule has 0 fully saturated rings. The summed E-state index contributed by atoms with van der Waals surface area (Å²) >= 11 is 5.78. The summed E-state index contributed by atoms with van der Waals surface area (Å²) in [5, 5.41) is 24.2. The van der Waals surface area contributed by atoms with Crippen molar-refractivity contribution in [1.82, 2.24) is 0 Å². The third-order valence-electron chi connectivity index (χ3n) is 3.08. The summed E-state index contributed by atoms with van der Waals surface area (Å²) < 4.78 is 53.3. The molecular formula is C13H5Br2F4N3O4. The van der Waals surface area contributed by atoms with Crippen LogP contribution in [0.3, 0.4) is 0 Å². The second-order valence-electron chi connectivity index (χ2n) is 4.77.